The molecule has 1 aliphatic rings. The molecule has 3 nitrogen and oxygen atoms in total. The van der Waals surface area contributed by atoms with Crippen molar-refractivity contribution in [3.63, 3.8) is 0 Å². The van der Waals surface area contributed by atoms with E-state index in [0.717, 1.165) is 24.0 Å². The molecule has 0 spiro atoms. The van der Waals surface area contributed by atoms with Gasteiger partial charge in [-0.05, 0) is 43.6 Å². The zero-order valence-corrected chi connectivity index (χ0v) is 11.5. The summed E-state index contributed by atoms with van der Waals surface area (Å²) < 4.78 is 0.934. The molecule has 0 bridgehead atoms. The van der Waals surface area contributed by atoms with Gasteiger partial charge in [-0.1, -0.05) is 28.9 Å². The zero-order chi connectivity index (χ0) is 12.3. The average Bonchev–Trinajstić information content (AvgIpc) is 2.32. The van der Waals surface area contributed by atoms with Crippen molar-refractivity contribution >= 4 is 21.8 Å². The Morgan fingerprint density at radius 2 is 2.35 bits per heavy atom. The first kappa shape index (κ1) is 12.6. The van der Waals surface area contributed by atoms with Gasteiger partial charge in [0.25, 0.3) is 5.91 Å². The first-order valence-electron chi connectivity index (χ1n) is 5.94. The predicted molar refractivity (Wildman–Crippen MR) is 72.0 cm³/mol. The fourth-order valence-corrected chi connectivity index (χ4v) is 2.51. The lowest BCUT2D eigenvalue weighted by Gasteiger charge is -2.30. The molecule has 1 amide bonds. The van der Waals surface area contributed by atoms with Gasteiger partial charge in [-0.2, -0.15) is 0 Å². The Balaban J connectivity index is 2.01. The smallest absolute Gasteiger partial charge is 0.251 e. The van der Waals surface area contributed by atoms with E-state index in [1.54, 1.807) is 0 Å². The summed E-state index contributed by atoms with van der Waals surface area (Å²) in [5.41, 5.74) is 0.713. The molecular weight excluding hydrogens is 280 g/mol. The SMILES string of the molecule is CC1CNCCC1NC(=O)c1cccc(Br)c1. The van der Waals surface area contributed by atoms with Gasteiger partial charge >= 0.3 is 0 Å². The van der Waals surface area contributed by atoms with Crippen LogP contribution in [0.25, 0.3) is 0 Å². The maximum absolute atomic E-state index is 12.1. The second-order valence-electron chi connectivity index (χ2n) is 4.56. The third-order valence-electron chi connectivity index (χ3n) is 3.19. The monoisotopic (exact) mass is 296 g/mol. The van der Waals surface area contributed by atoms with Crippen LogP contribution in [0.2, 0.25) is 0 Å². The average molecular weight is 297 g/mol. The molecule has 2 rings (SSSR count). The van der Waals surface area contributed by atoms with Crippen molar-refractivity contribution in [1.29, 1.82) is 0 Å². The Labute approximate surface area is 110 Å². The van der Waals surface area contributed by atoms with Crippen molar-refractivity contribution in [2.24, 2.45) is 5.92 Å². The van der Waals surface area contributed by atoms with E-state index >= 15 is 0 Å². The Morgan fingerprint density at radius 1 is 1.53 bits per heavy atom. The number of halogens is 1. The van der Waals surface area contributed by atoms with Crippen LogP contribution in [0.4, 0.5) is 0 Å². The van der Waals surface area contributed by atoms with Crippen molar-refractivity contribution in [1.82, 2.24) is 10.6 Å². The number of hydrogen-bond acceptors (Lipinski definition) is 2. The van der Waals surface area contributed by atoms with E-state index in [1.165, 1.54) is 0 Å². The minimum Gasteiger partial charge on any atom is -0.349 e. The lowest BCUT2D eigenvalue weighted by molar-refractivity contribution is 0.0914. The summed E-state index contributed by atoms with van der Waals surface area (Å²) in [5.74, 6) is 0.505. The van der Waals surface area contributed by atoms with Crippen molar-refractivity contribution in [3.8, 4) is 0 Å². The molecular formula is C13H17BrN2O. The van der Waals surface area contributed by atoms with Gasteiger partial charge in [0.1, 0.15) is 0 Å². The summed E-state index contributed by atoms with van der Waals surface area (Å²) in [6.07, 6.45) is 1.00. The molecule has 1 aliphatic heterocycles. The molecule has 1 aromatic rings. The van der Waals surface area contributed by atoms with Crippen LogP contribution in [0.3, 0.4) is 0 Å². The second kappa shape index (κ2) is 5.65. The summed E-state index contributed by atoms with van der Waals surface area (Å²) in [5, 5.41) is 6.44. The standard InChI is InChI=1S/C13H17BrN2O/c1-9-8-15-6-5-12(9)16-13(17)10-3-2-4-11(14)7-10/h2-4,7,9,12,15H,5-6,8H2,1H3,(H,16,17). The quantitative estimate of drug-likeness (QED) is 0.878. The normalized spacial score (nSPS) is 24.4. The first-order chi connectivity index (χ1) is 8.16. The van der Waals surface area contributed by atoms with Gasteiger partial charge < -0.3 is 10.6 Å². The highest BCUT2D eigenvalue weighted by Gasteiger charge is 2.22. The Hall–Kier alpha value is -0.870. The number of carbonyl (C=O) groups excluding carboxylic acids is 1. The molecule has 17 heavy (non-hydrogen) atoms. The molecule has 0 aromatic heterocycles. The van der Waals surface area contributed by atoms with Crippen LogP contribution in [0.15, 0.2) is 28.7 Å². The molecule has 0 aliphatic carbocycles. The summed E-state index contributed by atoms with van der Waals surface area (Å²) in [4.78, 5) is 12.1. The van der Waals surface area contributed by atoms with Crippen LogP contribution in [-0.2, 0) is 0 Å². The Morgan fingerprint density at radius 3 is 3.06 bits per heavy atom. The van der Waals surface area contributed by atoms with Crippen LogP contribution >= 0.6 is 15.9 Å². The summed E-state index contributed by atoms with van der Waals surface area (Å²) >= 11 is 3.38. The first-order valence-corrected chi connectivity index (χ1v) is 6.73. The van der Waals surface area contributed by atoms with Crippen molar-refractivity contribution in [3.05, 3.63) is 34.3 Å². The molecule has 2 atom stereocenters. The fraction of sp³-hybridized carbons (Fsp3) is 0.462. The minimum atomic E-state index is 0.0186. The second-order valence-corrected chi connectivity index (χ2v) is 5.48. The van der Waals surface area contributed by atoms with E-state index in [0.29, 0.717) is 11.5 Å². The van der Waals surface area contributed by atoms with Gasteiger partial charge in [0.2, 0.25) is 0 Å². The molecule has 1 heterocycles. The number of carbonyl (C=O) groups is 1. The molecule has 0 saturated carbocycles. The highest BCUT2D eigenvalue weighted by molar-refractivity contribution is 9.10. The number of amides is 1. The van der Waals surface area contributed by atoms with Gasteiger partial charge in [0, 0.05) is 16.1 Å². The van der Waals surface area contributed by atoms with Gasteiger partial charge in [-0.25, -0.2) is 0 Å². The van der Waals surface area contributed by atoms with Gasteiger partial charge in [0.15, 0.2) is 0 Å². The summed E-state index contributed by atoms with van der Waals surface area (Å²) in [7, 11) is 0. The number of piperidine rings is 1. The molecule has 1 saturated heterocycles. The van der Waals surface area contributed by atoms with E-state index in [9.17, 15) is 4.79 Å². The number of nitrogens with one attached hydrogen (secondary N) is 2. The van der Waals surface area contributed by atoms with E-state index in [2.05, 4.69) is 33.5 Å². The molecule has 1 aromatic carbocycles. The largest absolute Gasteiger partial charge is 0.349 e. The number of rotatable bonds is 2. The van der Waals surface area contributed by atoms with E-state index in [-0.39, 0.29) is 11.9 Å². The maximum Gasteiger partial charge on any atom is 0.251 e. The van der Waals surface area contributed by atoms with Gasteiger partial charge in [-0.3, -0.25) is 4.79 Å². The van der Waals surface area contributed by atoms with Crippen LogP contribution in [0.1, 0.15) is 23.7 Å². The minimum absolute atomic E-state index is 0.0186. The van der Waals surface area contributed by atoms with Gasteiger partial charge in [0.05, 0.1) is 0 Å². The zero-order valence-electron chi connectivity index (χ0n) is 9.87. The molecule has 2 unspecified atom stereocenters. The molecule has 0 radical (unpaired) electrons. The van der Waals surface area contributed by atoms with Crippen LogP contribution in [-0.4, -0.2) is 25.0 Å². The van der Waals surface area contributed by atoms with E-state index in [1.807, 2.05) is 24.3 Å². The summed E-state index contributed by atoms with van der Waals surface area (Å²) in [6, 6.07) is 7.77. The van der Waals surface area contributed by atoms with Crippen molar-refractivity contribution < 1.29 is 4.79 Å². The third kappa shape index (κ3) is 3.30. The molecule has 1 fully saturated rings. The third-order valence-corrected chi connectivity index (χ3v) is 3.68. The number of hydrogen-bond donors (Lipinski definition) is 2. The Bertz CT molecular complexity index is 408. The van der Waals surface area contributed by atoms with E-state index in [4.69, 9.17) is 0 Å². The molecule has 2 N–H and O–H groups in total. The summed E-state index contributed by atoms with van der Waals surface area (Å²) in [6.45, 7) is 4.12. The fourth-order valence-electron chi connectivity index (χ4n) is 2.11. The van der Waals surface area contributed by atoms with Crippen LogP contribution in [0.5, 0.6) is 0 Å². The molecule has 92 valence electrons. The van der Waals surface area contributed by atoms with Crippen LogP contribution < -0.4 is 10.6 Å². The number of benzene rings is 1. The predicted octanol–water partition coefficient (Wildman–Crippen LogP) is 2.18. The van der Waals surface area contributed by atoms with Crippen LogP contribution in [0, 0.1) is 5.92 Å². The Kier molecular flexibility index (Phi) is 4.18. The van der Waals surface area contributed by atoms with E-state index < -0.39 is 0 Å². The van der Waals surface area contributed by atoms with Crippen molar-refractivity contribution in [2.75, 3.05) is 13.1 Å². The maximum atomic E-state index is 12.1. The highest BCUT2D eigenvalue weighted by atomic mass is 79.9. The lowest BCUT2D eigenvalue weighted by atomic mass is 9.95. The van der Waals surface area contributed by atoms with Gasteiger partial charge in [-0.15, -0.1) is 0 Å². The van der Waals surface area contributed by atoms with Crippen molar-refractivity contribution in [2.45, 2.75) is 19.4 Å². The highest BCUT2D eigenvalue weighted by Crippen LogP contribution is 2.14. The topological polar surface area (TPSA) is 41.1 Å². The lowest BCUT2D eigenvalue weighted by Crippen LogP contribution is -2.48. The molecule has 4 heteroatoms.